The van der Waals surface area contributed by atoms with Gasteiger partial charge >= 0.3 is 0 Å². The molecule has 6 nitrogen and oxygen atoms in total. The maximum Gasteiger partial charge on any atom is 0.277 e. The van der Waals surface area contributed by atoms with E-state index in [-0.39, 0.29) is 17.5 Å². The predicted molar refractivity (Wildman–Crippen MR) is 105 cm³/mol. The zero-order chi connectivity index (χ0) is 19.9. The summed E-state index contributed by atoms with van der Waals surface area (Å²) in [7, 11) is 4.19. The molecule has 0 saturated carbocycles. The van der Waals surface area contributed by atoms with Crippen LogP contribution in [0.15, 0.2) is 58.2 Å². The summed E-state index contributed by atoms with van der Waals surface area (Å²) in [5, 5.41) is 11.1. The lowest BCUT2D eigenvalue weighted by Crippen LogP contribution is -3.04. The molecule has 1 aromatic heterocycles. The summed E-state index contributed by atoms with van der Waals surface area (Å²) in [6, 6.07) is 13.9. The van der Waals surface area contributed by atoms with E-state index < -0.39 is 0 Å². The van der Waals surface area contributed by atoms with Crippen LogP contribution in [0.3, 0.4) is 0 Å². The number of carbonyl (C=O) groups excluding carboxylic acids is 1. The van der Waals surface area contributed by atoms with Crippen molar-refractivity contribution in [2.45, 2.75) is 18.3 Å². The van der Waals surface area contributed by atoms with Crippen LogP contribution in [-0.4, -0.2) is 36.0 Å². The van der Waals surface area contributed by atoms with Gasteiger partial charge in [-0.3, -0.25) is 4.79 Å². The molecule has 3 aromatic rings. The van der Waals surface area contributed by atoms with Crippen molar-refractivity contribution in [2.24, 2.45) is 0 Å². The van der Waals surface area contributed by atoms with Gasteiger partial charge in [-0.1, -0.05) is 36.0 Å². The minimum absolute atomic E-state index is 0.112. The topological polar surface area (TPSA) is 72.5 Å². The summed E-state index contributed by atoms with van der Waals surface area (Å²) in [5.41, 5.74) is 2.96. The van der Waals surface area contributed by atoms with Gasteiger partial charge in [-0.25, -0.2) is 4.39 Å². The Labute approximate surface area is 167 Å². The molecule has 8 heteroatoms. The van der Waals surface area contributed by atoms with E-state index in [1.807, 2.05) is 18.2 Å². The number of halogens is 1. The largest absolute Gasteiger partial charge is 0.411 e. The average Bonchev–Trinajstić information content (AvgIpc) is 3.15. The van der Waals surface area contributed by atoms with Gasteiger partial charge in [-0.15, -0.1) is 10.2 Å². The lowest BCUT2D eigenvalue weighted by molar-refractivity contribution is -0.872. The van der Waals surface area contributed by atoms with E-state index in [4.69, 9.17) is 4.42 Å². The first kappa shape index (κ1) is 20.0. The van der Waals surface area contributed by atoms with E-state index in [1.54, 1.807) is 12.1 Å². The van der Waals surface area contributed by atoms with Gasteiger partial charge in [0, 0.05) is 17.7 Å². The van der Waals surface area contributed by atoms with E-state index in [9.17, 15) is 9.18 Å². The second kappa shape index (κ2) is 9.48. The summed E-state index contributed by atoms with van der Waals surface area (Å²) in [5.74, 6) is 0.0243. The molecule has 0 radical (unpaired) electrons. The first-order valence-corrected chi connectivity index (χ1v) is 9.84. The molecule has 0 spiro atoms. The maximum absolute atomic E-state index is 13.0. The minimum atomic E-state index is -0.330. The lowest BCUT2D eigenvalue weighted by Gasteiger charge is -2.12. The van der Waals surface area contributed by atoms with Gasteiger partial charge in [-0.05, 0) is 29.8 Å². The number of benzene rings is 2. The number of thioether (sulfide) groups is 1. The third-order valence-corrected chi connectivity index (χ3v) is 4.78. The molecule has 0 unspecified atom stereocenters. The number of nitrogens with zero attached hydrogens (tertiary/aromatic N) is 2. The normalized spacial score (nSPS) is 11.0. The Hall–Kier alpha value is -2.71. The quantitative estimate of drug-likeness (QED) is 0.565. The summed E-state index contributed by atoms with van der Waals surface area (Å²) >= 11 is 1.17. The van der Waals surface area contributed by atoms with Gasteiger partial charge in [-0.2, -0.15) is 0 Å². The number of nitrogens with one attached hydrogen (secondary N) is 2. The molecule has 0 atom stereocenters. The van der Waals surface area contributed by atoms with Gasteiger partial charge in [0.2, 0.25) is 11.8 Å². The van der Waals surface area contributed by atoms with Crippen molar-refractivity contribution >= 4 is 17.7 Å². The number of rotatable bonds is 8. The van der Waals surface area contributed by atoms with Gasteiger partial charge in [0.1, 0.15) is 12.4 Å². The first-order chi connectivity index (χ1) is 13.5. The van der Waals surface area contributed by atoms with E-state index in [0.717, 1.165) is 12.1 Å². The highest BCUT2D eigenvalue weighted by Crippen LogP contribution is 2.23. The molecule has 3 rings (SSSR count). The van der Waals surface area contributed by atoms with Crippen molar-refractivity contribution in [3.8, 4) is 11.5 Å². The van der Waals surface area contributed by atoms with Crippen LogP contribution < -0.4 is 10.2 Å². The Kier molecular flexibility index (Phi) is 6.78. The molecule has 0 bridgehead atoms. The van der Waals surface area contributed by atoms with Crippen LogP contribution in [0, 0.1) is 5.82 Å². The molecule has 0 saturated heterocycles. The lowest BCUT2D eigenvalue weighted by atomic mass is 10.1. The number of quaternary nitrogens is 1. The molecule has 2 N–H and O–H groups in total. The molecule has 0 aliphatic rings. The van der Waals surface area contributed by atoms with Crippen LogP contribution in [0.4, 0.5) is 4.39 Å². The standard InChI is InChI=1S/C20H21FN4O2S/c1-25(2)12-16-6-4-3-5-15(16)11-22-18(26)13-28-20-24-23-19(27-20)14-7-9-17(21)10-8-14/h3-10H,11-13H2,1-2H3,(H,22,26)/p+1. The number of hydrogen-bond donors (Lipinski definition) is 2. The monoisotopic (exact) mass is 401 g/mol. The van der Waals surface area contributed by atoms with E-state index in [2.05, 4.69) is 35.7 Å². The summed E-state index contributed by atoms with van der Waals surface area (Å²) < 4.78 is 18.5. The summed E-state index contributed by atoms with van der Waals surface area (Å²) in [6.07, 6.45) is 0. The van der Waals surface area contributed by atoms with Crippen molar-refractivity contribution in [3.05, 3.63) is 65.5 Å². The Morgan fingerprint density at radius 1 is 1.11 bits per heavy atom. The molecule has 0 aliphatic carbocycles. The van der Waals surface area contributed by atoms with Crippen molar-refractivity contribution < 1.29 is 18.5 Å². The number of hydrogen-bond acceptors (Lipinski definition) is 5. The fourth-order valence-corrected chi connectivity index (χ4v) is 3.23. The highest BCUT2D eigenvalue weighted by molar-refractivity contribution is 7.99. The smallest absolute Gasteiger partial charge is 0.277 e. The maximum atomic E-state index is 13.0. The van der Waals surface area contributed by atoms with Gasteiger partial charge in [0.15, 0.2) is 0 Å². The molecule has 28 heavy (non-hydrogen) atoms. The molecule has 0 fully saturated rings. The molecular weight excluding hydrogens is 379 g/mol. The number of carbonyl (C=O) groups is 1. The van der Waals surface area contributed by atoms with Crippen molar-refractivity contribution in [2.75, 3.05) is 19.8 Å². The van der Waals surface area contributed by atoms with Crippen molar-refractivity contribution in [1.82, 2.24) is 15.5 Å². The SMILES string of the molecule is C[NH+](C)Cc1ccccc1CNC(=O)CSc1nnc(-c2ccc(F)cc2)o1. The fourth-order valence-electron chi connectivity index (χ4n) is 2.63. The van der Waals surface area contributed by atoms with Crippen LogP contribution >= 0.6 is 11.8 Å². The fraction of sp³-hybridized carbons (Fsp3) is 0.250. The number of aromatic nitrogens is 2. The minimum Gasteiger partial charge on any atom is -0.411 e. The average molecular weight is 401 g/mol. The van der Waals surface area contributed by atoms with Crippen LogP contribution in [0.2, 0.25) is 0 Å². The summed E-state index contributed by atoms with van der Waals surface area (Å²) in [4.78, 5) is 13.5. The van der Waals surface area contributed by atoms with Crippen LogP contribution in [0.1, 0.15) is 11.1 Å². The molecule has 146 valence electrons. The number of amides is 1. The third kappa shape index (κ3) is 5.64. The zero-order valence-electron chi connectivity index (χ0n) is 15.7. The second-order valence-corrected chi connectivity index (χ2v) is 7.52. The predicted octanol–water partition coefficient (Wildman–Crippen LogP) is 1.93. The molecule has 0 aliphatic heterocycles. The van der Waals surface area contributed by atoms with E-state index in [1.165, 1.54) is 34.4 Å². The molecule has 1 heterocycles. The summed E-state index contributed by atoms with van der Waals surface area (Å²) in [6.45, 7) is 1.38. The van der Waals surface area contributed by atoms with E-state index in [0.29, 0.717) is 23.2 Å². The van der Waals surface area contributed by atoms with Crippen molar-refractivity contribution in [3.63, 3.8) is 0 Å². The second-order valence-electron chi connectivity index (χ2n) is 6.60. The van der Waals surface area contributed by atoms with Crippen LogP contribution in [-0.2, 0) is 17.9 Å². The van der Waals surface area contributed by atoms with Crippen LogP contribution in [0.25, 0.3) is 11.5 Å². The van der Waals surface area contributed by atoms with Crippen LogP contribution in [0.5, 0.6) is 0 Å². The Morgan fingerprint density at radius 2 is 1.82 bits per heavy atom. The Bertz CT molecular complexity index is 928. The van der Waals surface area contributed by atoms with E-state index >= 15 is 0 Å². The molecule has 2 aromatic carbocycles. The Balaban J connectivity index is 1.51. The highest BCUT2D eigenvalue weighted by atomic mass is 32.2. The molecule has 1 amide bonds. The van der Waals surface area contributed by atoms with Gasteiger partial charge < -0.3 is 14.6 Å². The van der Waals surface area contributed by atoms with Crippen molar-refractivity contribution in [1.29, 1.82) is 0 Å². The highest BCUT2D eigenvalue weighted by Gasteiger charge is 2.12. The Morgan fingerprint density at radius 3 is 2.54 bits per heavy atom. The van der Waals surface area contributed by atoms with Gasteiger partial charge in [0.05, 0.1) is 19.8 Å². The zero-order valence-corrected chi connectivity index (χ0v) is 16.6. The third-order valence-electron chi connectivity index (χ3n) is 3.96. The first-order valence-electron chi connectivity index (χ1n) is 8.86. The molecular formula is C20H22FN4O2S+. The van der Waals surface area contributed by atoms with Gasteiger partial charge in [0.25, 0.3) is 5.22 Å².